The molecule has 0 bridgehead atoms. The number of hydrogen-bond donors (Lipinski definition) is 0. The van der Waals surface area contributed by atoms with E-state index in [4.69, 9.17) is 0 Å². The highest BCUT2D eigenvalue weighted by molar-refractivity contribution is 5.79. The summed E-state index contributed by atoms with van der Waals surface area (Å²) in [6.45, 7) is 5.25. The minimum atomic E-state index is -0.254. The van der Waals surface area contributed by atoms with Gasteiger partial charge in [0.25, 0.3) is 0 Å². The molecule has 0 heterocycles. The van der Waals surface area contributed by atoms with E-state index in [0.717, 1.165) is 0 Å². The van der Waals surface area contributed by atoms with Crippen molar-refractivity contribution < 1.29 is 14.3 Å². The van der Waals surface area contributed by atoms with Crippen LogP contribution < -0.4 is 0 Å². The van der Waals surface area contributed by atoms with Crippen LogP contribution in [-0.2, 0) is 14.3 Å². The maximum absolute atomic E-state index is 10.9. The Morgan fingerprint density at radius 3 is 2.17 bits per heavy atom. The first-order valence-corrected chi connectivity index (χ1v) is 4.06. The molecule has 0 fully saturated rings. The van der Waals surface area contributed by atoms with Gasteiger partial charge in [-0.25, -0.2) is 0 Å². The summed E-state index contributed by atoms with van der Waals surface area (Å²) in [5.74, 6) is -0.138. The van der Waals surface area contributed by atoms with Gasteiger partial charge in [-0.2, -0.15) is 0 Å². The summed E-state index contributed by atoms with van der Waals surface area (Å²) >= 11 is 0. The second-order valence-electron chi connectivity index (χ2n) is 3.16. The van der Waals surface area contributed by atoms with Crippen molar-refractivity contribution in [2.75, 3.05) is 7.11 Å². The van der Waals surface area contributed by atoms with Crippen LogP contribution in [0, 0.1) is 11.8 Å². The molecule has 0 saturated carbocycles. The van der Waals surface area contributed by atoms with E-state index < -0.39 is 0 Å². The van der Waals surface area contributed by atoms with E-state index in [-0.39, 0.29) is 23.6 Å². The topological polar surface area (TPSA) is 43.4 Å². The molecule has 0 spiro atoms. The van der Waals surface area contributed by atoms with Gasteiger partial charge < -0.3 is 4.74 Å². The number of Topliss-reactive ketones (excluding diaryl/α,β-unsaturated/α-hetero) is 1. The molecule has 12 heavy (non-hydrogen) atoms. The number of esters is 1. The standard InChI is InChI=1S/C9H16O3/c1-6(5-9(11)12-4)7(2)8(3)10/h6-7H,5H2,1-4H3/t6-,7+/m1/s1. The van der Waals surface area contributed by atoms with E-state index in [2.05, 4.69) is 4.74 Å². The first-order valence-electron chi connectivity index (χ1n) is 4.06. The fourth-order valence-corrected chi connectivity index (χ4v) is 0.924. The van der Waals surface area contributed by atoms with Crippen molar-refractivity contribution in [3.05, 3.63) is 0 Å². The van der Waals surface area contributed by atoms with Crippen molar-refractivity contribution >= 4 is 11.8 Å². The molecule has 0 saturated heterocycles. The number of ketones is 1. The summed E-state index contributed by atoms with van der Waals surface area (Å²) in [7, 11) is 1.35. The van der Waals surface area contributed by atoms with Crippen LogP contribution in [0.2, 0.25) is 0 Å². The Morgan fingerprint density at radius 2 is 1.83 bits per heavy atom. The number of methoxy groups -OCH3 is 1. The Kier molecular flexibility index (Phi) is 4.55. The predicted molar refractivity (Wildman–Crippen MR) is 45.6 cm³/mol. The second-order valence-corrected chi connectivity index (χ2v) is 3.16. The number of hydrogen-bond acceptors (Lipinski definition) is 3. The normalized spacial score (nSPS) is 15.0. The predicted octanol–water partition coefficient (Wildman–Crippen LogP) is 1.41. The highest BCUT2D eigenvalue weighted by Gasteiger charge is 2.19. The molecular formula is C9H16O3. The van der Waals surface area contributed by atoms with Crippen LogP contribution in [0.25, 0.3) is 0 Å². The maximum Gasteiger partial charge on any atom is 0.305 e. The molecule has 0 N–H and O–H groups in total. The summed E-state index contributed by atoms with van der Waals surface area (Å²) in [4.78, 5) is 21.7. The van der Waals surface area contributed by atoms with Gasteiger partial charge in [0.05, 0.1) is 7.11 Å². The minimum Gasteiger partial charge on any atom is -0.469 e. The average molecular weight is 172 g/mol. The van der Waals surface area contributed by atoms with Crippen LogP contribution in [0.15, 0.2) is 0 Å². The van der Waals surface area contributed by atoms with Crippen LogP contribution in [0.3, 0.4) is 0 Å². The van der Waals surface area contributed by atoms with E-state index in [1.54, 1.807) is 6.92 Å². The summed E-state index contributed by atoms with van der Waals surface area (Å²) in [6, 6.07) is 0. The van der Waals surface area contributed by atoms with Crippen molar-refractivity contribution in [1.82, 2.24) is 0 Å². The summed E-state index contributed by atoms with van der Waals surface area (Å²) in [5, 5.41) is 0. The number of rotatable bonds is 4. The van der Waals surface area contributed by atoms with E-state index in [0.29, 0.717) is 6.42 Å². The maximum atomic E-state index is 10.9. The third-order valence-electron chi connectivity index (χ3n) is 2.21. The Hall–Kier alpha value is -0.860. The van der Waals surface area contributed by atoms with Crippen LogP contribution in [0.4, 0.5) is 0 Å². The molecule has 3 nitrogen and oxygen atoms in total. The zero-order chi connectivity index (χ0) is 9.72. The van der Waals surface area contributed by atoms with Gasteiger partial charge >= 0.3 is 5.97 Å². The van der Waals surface area contributed by atoms with Crippen LogP contribution in [-0.4, -0.2) is 18.9 Å². The van der Waals surface area contributed by atoms with Gasteiger partial charge in [0.2, 0.25) is 0 Å². The van der Waals surface area contributed by atoms with Crippen LogP contribution in [0.5, 0.6) is 0 Å². The first-order chi connectivity index (χ1) is 5.49. The zero-order valence-electron chi connectivity index (χ0n) is 8.09. The Bertz CT molecular complexity index is 175. The molecule has 0 radical (unpaired) electrons. The largest absolute Gasteiger partial charge is 0.469 e. The molecule has 0 aromatic heterocycles. The highest BCUT2D eigenvalue weighted by Crippen LogP contribution is 2.16. The van der Waals surface area contributed by atoms with Gasteiger partial charge in [0, 0.05) is 12.3 Å². The van der Waals surface area contributed by atoms with E-state index in [1.807, 2.05) is 13.8 Å². The second kappa shape index (κ2) is 4.91. The quantitative estimate of drug-likeness (QED) is 0.602. The fourth-order valence-electron chi connectivity index (χ4n) is 0.924. The zero-order valence-corrected chi connectivity index (χ0v) is 8.09. The van der Waals surface area contributed by atoms with Gasteiger partial charge in [-0.3, -0.25) is 9.59 Å². The van der Waals surface area contributed by atoms with Crippen molar-refractivity contribution in [1.29, 1.82) is 0 Å². The van der Waals surface area contributed by atoms with Gasteiger partial charge in [-0.15, -0.1) is 0 Å². The van der Waals surface area contributed by atoms with Gasteiger partial charge in [-0.1, -0.05) is 13.8 Å². The third-order valence-corrected chi connectivity index (χ3v) is 2.21. The molecule has 0 rings (SSSR count). The van der Waals surface area contributed by atoms with Crippen molar-refractivity contribution in [3.63, 3.8) is 0 Å². The van der Waals surface area contributed by atoms with Gasteiger partial charge in [0.1, 0.15) is 5.78 Å². The molecule has 0 amide bonds. The van der Waals surface area contributed by atoms with Crippen molar-refractivity contribution in [2.24, 2.45) is 11.8 Å². The smallest absolute Gasteiger partial charge is 0.305 e. The molecule has 0 aliphatic heterocycles. The lowest BCUT2D eigenvalue weighted by Gasteiger charge is -2.15. The monoisotopic (exact) mass is 172 g/mol. The Labute approximate surface area is 73.1 Å². The van der Waals surface area contributed by atoms with Gasteiger partial charge in [-0.05, 0) is 12.8 Å². The molecule has 0 unspecified atom stereocenters. The molecule has 70 valence electrons. The average Bonchev–Trinajstić information content (AvgIpc) is 2.02. The number of carbonyl (C=O) groups excluding carboxylic acids is 2. The number of carbonyl (C=O) groups is 2. The van der Waals surface area contributed by atoms with Gasteiger partial charge in [0.15, 0.2) is 0 Å². The molecule has 3 heteroatoms. The van der Waals surface area contributed by atoms with Crippen molar-refractivity contribution in [2.45, 2.75) is 27.2 Å². The molecular weight excluding hydrogens is 156 g/mol. The van der Waals surface area contributed by atoms with Crippen molar-refractivity contribution in [3.8, 4) is 0 Å². The minimum absolute atomic E-state index is 0.0648. The lowest BCUT2D eigenvalue weighted by atomic mass is 9.90. The van der Waals surface area contributed by atoms with E-state index in [1.165, 1.54) is 7.11 Å². The lowest BCUT2D eigenvalue weighted by Crippen LogP contribution is -2.19. The summed E-state index contributed by atoms with van der Waals surface area (Å²) < 4.78 is 4.50. The SMILES string of the molecule is COC(=O)C[C@@H](C)[C@H](C)C(C)=O. The van der Waals surface area contributed by atoms with E-state index >= 15 is 0 Å². The first kappa shape index (κ1) is 11.1. The highest BCUT2D eigenvalue weighted by atomic mass is 16.5. The lowest BCUT2D eigenvalue weighted by molar-refractivity contribution is -0.142. The summed E-state index contributed by atoms with van der Waals surface area (Å²) in [6.07, 6.45) is 0.317. The molecule has 2 atom stereocenters. The van der Waals surface area contributed by atoms with Crippen LogP contribution in [0.1, 0.15) is 27.2 Å². The van der Waals surface area contributed by atoms with E-state index in [9.17, 15) is 9.59 Å². The Morgan fingerprint density at radius 1 is 1.33 bits per heavy atom. The Balaban J connectivity index is 3.94. The van der Waals surface area contributed by atoms with Crippen LogP contribution >= 0.6 is 0 Å². The fraction of sp³-hybridized carbons (Fsp3) is 0.778. The number of ether oxygens (including phenoxy) is 1. The molecule has 0 aromatic carbocycles. The summed E-state index contributed by atoms with van der Waals surface area (Å²) in [5.41, 5.74) is 0. The molecule has 0 aromatic rings. The molecule has 0 aliphatic rings. The third kappa shape index (κ3) is 3.51. The molecule has 0 aliphatic carbocycles.